The first-order chi connectivity index (χ1) is 10.5. The molecule has 22 heavy (non-hydrogen) atoms. The Morgan fingerprint density at radius 3 is 2.82 bits per heavy atom. The first-order valence-corrected chi connectivity index (χ1v) is 7.33. The third-order valence-corrected chi connectivity index (χ3v) is 3.61. The Bertz CT molecular complexity index is 837. The Balaban J connectivity index is 1.88. The van der Waals surface area contributed by atoms with Crippen molar-refractivity contribution in [3.8, 4) is 5.69 Å². The Labute approximate surface area is 135 Å². The van der Waals surface area contributed by atoms with Gasteiger partial charge in [0, 0.05) is 23.8 Å². The minimum atomic E-state index is -0.336. The van der Waals surface area contributed by atoms with Crippen molar-refractivity contribution >= 4 is 27.7 Å². The van der Waals surface area contributed by atoms with Gasteiger partial charge in [0.2, 0.25) is 0 Å². The zero-order valence-corrected chi connectivity index (χ0v) is 13.6. The van der Waals surface area contributed by atoms with E-state index in [1.165, 1.54) is 0 Å². The zero-order chi connectivity index (χ0) is 15.7. The Kier molecular flexibility index (Phi) is 3.76. The van der Waals surface area contributed by atoms with Crippen LogP contribution in [0.4, 0.5) is 5.82 Å². The number of halogens is 1. The fourth-order valence-corrected chi connectivity index (χ4v) is 2.44. The van der Waals surface area contributed by atoms with Gasteiger partial charge in [-0.25, -0.2) is 4.68 Å². The molecule has 1 amide bonds. The molecule has 1 aromatic carbocycles. The van der Waals surface area contributed by atoms with Gasteiger partial charge in [-0.15, -0.1) is 5.10 Å². The van der Waals surface area contributed by atoms with E-state index in [0.717, 1.165) is 10.2 Å². The number of rotatable bonds is 3. The summed E-state index contributed by atoms with van der Waals surface area (Å²) in [6.45, 7) is 1.80. The van der Waals surface area contributed by atoms with Crippen LogP contribution in [0.2, 0.25) is 0 Å². The number of amides is 1. The Hall–Kier alpha value is -2.48. The van der Waals surface area contributed by atoms with Crippen molar-refractivity contribution < 1.29 is 4.79 Å². The highest BCUT2D eigenvalue weighted by Crippen LogP contribution is 2.17. The summed E-state index contributed by atoms with van der Waals surface area (Å²) in [5.74, 6) is 0.140. The molecule has 0 aliphatic rings. The van der Waals surface area contributed by atoms with Crippen LogP contribution >= 0.6 is 15.9 Å². The first kappa shape index (κ1) is 14.5. The highest BCUT2D eigenvalue weighted by molar-refractivity contribution is 9.10. The van der Waals surface area contributed by atoms with Gasteiger partial charge in [-0.2, -0.15) is 5.10 Å². The molecular weight excluding hydrogens is 348 g/mol. The number of benzene rings is 1. The number of hydrogen-bond acceptors (Lipinski definition) is 4. The highest BCUT2D eigenvalue weighted by atomic mass is 79.9. The number of nitrogens with one attached hydrogen (secondary N) is 1. The van der Waals surface area contributed by atoms with E-state index in [2.05, 4.69) is 36.7 Å². The maximum absolute atomic E-state index is 12.3. The second-order valence-corrected chi connectivity index (χ2v) is 5.66. The van der Waals surface area contributed by atoms with Crippen molar-refractivity contribution in [1.29, 1.82) is 0 Å². The van der Waals surface area contributed by atoms with Crippen molar-refractivity contribution in [3.63, 3.8) is 0 Å². The lowest BCUT2D eigenvalue weighted by atomic mass is 10.3. The molecule has 3 rings (SSSR count). The van der Waals surface area contributed by atoms with Gasteiger partial charge in [-0.05, 0) is 25.1 Å². The smallest absolute Gasteiger partial charge is 0.279 e. The molecule has 0 spiro atoms. The third kappa shape index (κ3) is 2.77. The molecule has 7 nitrogen and oxygen atoms in total. The number of carbonyl (C=O) groups is 1. The summed E-state index contributed by atoms with van der Waals surface area (Å²) >= 11 is 3.41. The van der Waals surface area contributed by atoms with Crippen molar-refractivity contribution in [1.82, 2.24) is 24.8 Å². The number of aryl methyl sites for hydroxylation is 1. The van der Waals surface area contributed by atoms with E-state index in [9.17, 15) is 4.79 Å². The molecular formula is C14H13BrN6O. The molecule has 0 fully saturated rings. The zero-order valence-electron chi connectivity index (χ0n) is 12.0. The monoisotopic (exact) mass is 360 g/mol. The van der Waals surface area contributed by atoms with E-state index < -0.39 is 0 Å². The lowest BCUT2D eigenvalue weighted by Gasteiger charge is -2.04. The van der Waals surface area contributed by atoms with Gasteiger partial charge in [0.25, 0.3) is 5.91 Å². The molecule has 1 N–H and O–H groups in total. The summed E-state index contributed by atoms with van der Waals surface area (Å²) in [6.07, 6.45) is 1.75. The summed E-state index contributed by atoms with van der Waals surface area (Å²) in [4.78, 5) is 12.3. The average Bonchev–Trinajstić information content (AvgIpc) is 3.05. The van der Waals surface area contributed by atoms with Gasteiger partial charge in [0.15, 0.2) is 11.5 Å². The molecule has 8 heteroatoms. The largest absolute Gasteiger partial charge is 0.304 e. The molecule has 0 saturated carbocycles. The number of anilines is 1. The van der Waals surface area contributed by atoms with Crippen LogP contribution in [0.15, 0.2) is 41.0 Å². The van der Waals surface area contributed by atoms with Gasteiger partial charge >= 0.3 is 0 Å². The summed E-state index contributed by atoms with van der Waals surface area (Å²) < 4.78 is 4.17. The quantitative estimate of drug-likeness (QED) is 0.777. The maximum atomic E-state index is 12.3. The van der Waals surface area contributed by atoms with Crippen LogP contribution in [0.3, 0.4) is 0 Å². The predicted molar refractivity (Wildman–Crippen MR) is 85.0 cm³/mol. The van der Waals surface area contributed by atoms with Gasteiger partial charge in [0.1, 0.15) is 0 Å². The van der Waals surface area contributed by atoms with Crippen LogP contribution in [-0.4, -0.2) is 30.7 Å². The molecule has 112 valence electrons. The molecule has 0 saturated heterocycles. The predicted octanol–water partition coefficient (Wildman–Crippen LogP) is 2.32. The Morgan fingerprint density at radius 1 is 1.32 bits per heavy atom. The minimum absolute atomic E-state index is 0.269. The van der Waals surface area contributed by atoms with E-state index in [0.29, 0.717) is 11.5 Å². The van der Waals surface area contributed by atoms with Gasteiger partial charge in [0.05, 0.1) is 11.4 Å². The fourth-order valence-electron chi connectivity index (χ4n) is 2.05. The number of hydrogen-bond donors (Lipinski definition) is 1. The summed E-state index contributed by atoms with van der Waals surface area (Å²) in [5, 5.41) is 14.8. The molecule has 0 aliphatic carbocycles. The third-order valence-electron chi connectivity index (χ3n) is 3.12. The average molecular weight is 361 g/mol. The summed E-state index contributed by atoms with van der Waals surface area (Å²) in [7, 11) is 1.78. The van der Waals surface area contributed by atoms with Crippen molar-refractivity contribution in [2.45, 2.75) is 6.92 Å². The van der Waals surface area contributed by atoms with E-state index >= 15 is 0 Å². The molecule has 2 aromatic heterocycles. The van der Waals surface area contributed by atoms with E-state index in [4.69, 9.17) is 0 Å². The molecule has 0 bridgehead atoms. The van der Waals surface area contributed by atoms with Crippen molar-refractivity contribution in [2.24, 2.45) is 7.05 Å². The number of carbonyl (C=O) groups excluding carboxylic acids is 1. The van der Waals surface area contributed by atoms with E-state index in [-0.39, 0.29) is 11.6 Å². The topological polar surface area (TPSA) is 77.6 Å². The molecule has 0 atom stereocenters. The van der Waals surface area contributed by atoms with Crippen LogP contribution in [0, 0.1) is 6.92 Å². The second kappa shape index (κ2) is 5.72. The number of nitrogens with zero attached hydrogens (tertiary/aromatic N) is 5. The van der Waals surface area contributed by atoms with Crippen LogP contribution < -0.4 is 5.32 Å². The molecule has 0 aliphatic heterocycles. The normalized spacial score (nSPS) is 10.7. The van der Waals surface area contributed by atoms with Gasteiger partial charge in [-0.1, -0.05) is 27.2 Å². The summed E-state index contributed by atoms with van der Waals surface area (Å²) in [6, 6.07) is 9.33. The van der Waals surface area contributed by atoms with E-state index in [1.54, 1.807) is 35.6 Å². The molecule has 0 radical (unpaired) electrons. The first-order valence-electron chi connectivity index (χ1n) is 6.54. The SMILES string of the molecule is Cc1c(C(=O)Nc2ccn(C)n2)nnn1-c1cccc(Br)c1. The summed E-state index contributed by atoms with van der Waals surface area (Å²) in [5.41, 5.74) is 1.76. The minimum Gasteiger partial charge on any atom is -0.304 e. The maximum Gasteiger partial charge on any atom is 0.279 e. The van der Waals surface area contributed by atoms with Crippen LogP contribution in [0.1, 0.15) is 16.2 Å². The van der Waals surface area contributed by atoms with Crippen molar-refractivity contribution in [3.05, 3.63) is 52.4 Å². The molecule has 0 unspecified atom stereocenters. The van der Waals surface area contributed by atoms with Gasteiger partial charge in [-0.3, -0.25) is 9.48 Å². The van der Waals surface area contributed by atoms with Crippen LogP contribution in [0.5, 0.6) is 0 Å². The highest BCUT2D eigenvalue weighted by Gasteiger charge is 2.18. The Morgan fingerprint density at radius 2 is 2.14 bits per heavy atom. The lowest BCUT2D eigenvalue weighted by Crippen LogP contribution is -2.14. The fraction of sp³-hybridized carbons (Fsp3) is 0.143. The lowest BCUT2D eigenvalue weighted by molar-refractivity contribution is 0.102. The van der Waals surface area contributed by atoms with E-state index in [1.807, 2.05) is 24.3 Å². The number of aromatic nitrogens is 5. The molecule has 2 heterocycles. The molecule has 3 aromatic rings. The van der Waals surface area contributed by atoms with Crippen LogP contribution in [0.25, 0.3) is 5.69 Å². The standard InChI is InChI=1S/C14H13BrN6O/c1-9-13(14(22)16-12-6-7-20(2)18-12)17-19-21(9)11-5-3-4-10(15)8-11/h3-8H,1-2H3,(H,16,18,22). The second-order valence-electron chi connectivity index (χ2n) is 4.74. The van der Waals surface area contributed by atoms with Crippen molar-refractivity contribution in [2.75, 3.05) is 5.32 Å². The van der Waals surface area contributed by atoms with Gasteiger partial charge < -0.3 is 5.32 Å². The van der Waals surface area contributed by atoms with Crippen LogP contribution in [-0.2, 0) is 7.05 Å².